The molecular weight excluding hydrogens is 146 g/mol. The lowest BCUT2D eigenvalue weighted by molar-refractivity contribution is 0.253. The maximum Gasteiger partial charge on any atom is 0.0382 e. The van der Waals surface area contributed by atoms with E-state index in [-0.39, 0.29) is 0 Å². The van der Waals surface area contributed by atoms with Crippen molar-refractivity contribution < 1.29 is 0 Å². The van der Waals surface area contributed by atoms with E-state index in [2.05, 4.69) is 5.92 Å². The van der Waals surface area contributed by atoms with Gasteiger partial charge in [0.05, 0.1) is 0 Å². The standard InChI is InChI=1S/C11H17N/c1-2-9-10-6-4-3-5-8(10)7-11(9)12/h1,8-11H,3-7,12H2. The van der Waals surface area contributed by atoms with E-state index in [1.165, 1.54) is 32.1 Å². The largest absolute Gasteiger partial charge is 0.327 e. The van der Waals surface area contributed by atoms with Crippen molar-refractivity contribution in [3.05, 3.63) is 0 Å². The third-order valence-electron chi connectivity index (χ3n) is 3.66. The molecule has 0 aromatic carbocycles. The molecule has 0 saturated heterocycles. The first-order valence-electron chi connectivity index (χ1n) is 5.04. The maximum atomic E-state index is 6.01. The molecule has 4 unspecified atom stereocenters. The fourth-order valence-electron chi connectivity index (χ4n) is 3.06. The minimum Gasteiger partial charge on any atom is -0.327 e. The Hall–Kier alpha value is -0.480. The third-order valence-corrected chi connectivity index (χ3v) is 3.66. The van der Waals surface area contributed by atoms with Crippen molar-refractivity contribution in [1.82, 2.24) is 0 Å². The molecular formula is C11H17N. The highest BCUT2D eigenvalue weighted by Gasteiger charge is 2.41. The Morgan fingerprint density at radius 2 is 2.00 bits per heavy atom. The fraction of sp³-hybridized carbons (Fsp3) is 0.818. The summed E-state index contributed by atoms with van der Waals surface area (Å²) in [5.41, 5.74) is 6.01. The molecule has 0 radical (unpaired) electrons. The molecule has 0 aromatic rings. The Balaban J connectivity index is 2.11. The van der Waals surface area contributed by atoms with E-state index in [0.29, 0.717) is 12.0 Å². The normalized spacial score (nSPS) is 46.7. The number of hydrogen-bond acceptors (Lipinski definition) is 1. The molecule has 2 aliphatic rings. The van der Waals surface area contributed by atoms with Crippen molar-refractivity contribution in [1.29, 1.82) is 0 Å². The zero-order valence-electron chi connectivity index (χ0n) is 7.50. The third kappa shape index (κ3) is 1.15. The van der Waals surface area contributed by atoms with E-state index in [1.807, 2.05) is 0 Å². The van der Waals surface area contributed by atoms with E-state index in [1.54, 1.807) is 0 Å². The monoisotopic (exact) mass is 163 g/mol. The summed E-state index contributed by atoms with van der Waals surface area (Å²) in [7, 11) is 0. The second kappa shape index (κ2) is 3.11. The van der Waals surface area contributed by atoms with Gasteiger partial charge in [0, 0.05) is 12.0 Å². The minimum atomic E-state index is 0.295. The quantitative estimate of drug-likeness (QED) is 0.541. The van der Waals surface area contributed by atoms with E-state index in [0.717, 1.165) is 11.8 Å². The van der Waals surface area contributed by atoms with Crippen LogP contribution in [-0.4, -0.2) is 6.04 Å². The van der Waals surface area contributed by atoms with Crippen LogP contribution in [0.15, 0.2) is 0 Å². The molecule has 2 N–H and O–H groups in total. The number of rotatable bonds is 0. The molecule has 1 heteroatoms. The summed E-state index contributed by atoms with van der Waals surface area (Å²) in [6.07, 6.45) is 12.1. The van der Waals surface area contributed by atoms with Gasteiger partial charge in [0.15, 0.2) is 0 Å². The summed E-state index contributed by atoms with van der Waals surface area (Å²) in [5, 5.41) is 0. The molecule has 66 valence electrons. The van der Waals surface area contributed by atoms with Crippen LogP contribution >= 0.6 is 0 Å². The van der Waals surface area contributed by atoms with Gasteiger partial charge in [-0.05, 0) is 24.7 Å². The van der Waals surface area contributed by atoms with Crippen LogP contribution in [0.2, 0.25) is 0 Å². The lowest BCUT2D eigenvalue weighted by Gasteiger charge is -2.26. The van der Waals surface area contributed by atoms with Crippen LogP contribution in [0, 0.1) is 30.1 Å². The van der Waals surface area contributed by atoms with Crippen molar-refractivity contribution in [2.45, 2.75) is 38.1 Å². The molecule has 2 rings (SSSR count). The topological polar surface area (TPSA) is 26.0 Å². The van der Waals surface area contributed by atoms with Gasteiger partial charge in [0.25, 0.3) is 0 Å². The van der Waals surface area contributed by atoms with Crippen LogP contribution in [-0.2, 0) is 0 Å². The van der Waals surface area contributed by atoms with Gasteiger partial charge in [-0.1, -0.05) is 19.3 Å². The average molecular weight is 163 g/mol. The predicted octanol–water partition coefficient (Wildman–Crippen LogP) is 1.77. The first-order valence-corrected chi connectivity index (χ1v) is 5.04. The summed E-state index contributed by atoms with van der Waals surface area (Å²) in [4.78, 5) is 0. The molecule has 1 nitrogen and oxygen atoms in total. The minimum absolute atomic E-state index is 0.295. The molecule has 0 bridgehead atoms. The summed E-state index contributed by atoms with van der Waals surface area (Å²) >= 11 is 0. The highest BCUT2D eigenvalue weighted by molar-refractivity contribution is 5.08. The predicted molar refractivity (Wildman–Crippen MR) is 50.4 cm³/mol. The zero-order chi connectivity index (χ0) is 8.55. The van der Waals surface area contributed by atoms with Crippen molar-refractivity contribution in [2.75, 3.05) is 0 Å². The Bertz CT molecular complexity index is 204. The van der Waals surface area contributed by atoms with Gasteiger partial charge in [0.1, 0.15) is 0 Å². The van der Waals surface area contributed by atoms with Gasteiger partial charge in [-0.15, -0.1) is 12.3 Å². The SMILES string of the molecule is C#CC1C(N)CC2CCCCC21. The number of fused-ring (bicyclic) bond motifs is 1. The van der Waals surface area contributed by atoms with E-state index < -0.39 is 0 Å². The fourth-order valence-corrected chi connectivity index (χ4v) is 3.06. The molecule has 2 saturated carbocycles. The van der Waals surface area contributed by atoms with Crippen molar-refractivity contribution in [2.24, 2.45) is 23.5 Å². The van der Waals surface area contributed by atoms with Crippen LogP contribution in [0.3, 0.4) is 0 Å². The lowest BCUT2D eigenvalue weighted by Crippen LogP contribution is -2.26. The van der Waals surface area contributed by atoms with Crippen LogP contribution in [0.5, 0.6) is 0 Å². The van der Waals surface area contributed by atoms with Crippen molar-refractivity contribution >= 4 is 0 Å². The zero-order valence-corrected chi connectivity index (χ0v) is 7.50. The number of terminal acetylenes is 1. The summed E-state index contributed by atoms with van der Waals surface area (Å²) in [6.45, 7) is 0. The molecule has 2 aliphatic carbocycles. The van der Waals surface area contributed by atoms with E-state index in [4.69, 9.17) is 12.2 Å². The first-order chi connectivity index (χ1) is 5.83. The van der Waals surface area contributed by atoms with Gasteiger partial charge >= 0.3 is 0 Å². The Labute approximate surface area is 74.7 Å². The molecule has 0 aromatic heterocycles. The second-order valence-electron chi connectivity index (χ2n) is 4.30. The Kier molecular flexibility index (Phi) is 2.11. The molecule has 0 heterocycles. The van der Waals surface area contributed by atoms with Gasteiger partial charge in [-0.2, -0.15) is 0 Å². The van der Waals surface area contributed by atoms with Gasteiger partial charge in [0.2, 0.25) is 0 Å². The molecule has 0 spiro atoms. The first kappa shape index (κ1) is 8.13. The molecule has 2 fully saturated rings. The number of hydrogen-bond donors (Lipinski definition) is 1. The van der Waals surface area contributed by atoms with Crippen LogP contribution in [0.1, 0.15) is 32.1 Å². The highest BCUT2D eigenvalue weighted by atomic mass is 14.7. The van der Waals surface area contributed by atoms with Gasteiger partial charge < -0.3 is 5.73 Å². The van der Waals surface area contributed by atoms with Crippen LogP contribution in [0.4, 0.5) is 0 Å². The van der Waals surface area contributed by atoms with Crippen LogP contribution < -0.4 is 5.73 Å². The maximum absolute atomic E-state index is 6.01. The molecule has 0 aliphatic heterocycles. The Morgan fingerprint density at radius 1 is 1.25 bits per heavy atom. The second-order valence-corrected chi connectivity index (χ2v) is 4.30. The van der Waals surface area contributed by atoms with E-state index in [9.17, 15) is 0 Å². The lowest BCUT2D eigenvalue weighted by atomic mass is 9.78. The van der Waals surface area contributed by atoms with Gasteiger partial charge in [-0.3, -0.25) is 0 Å². The average Bonchev–Trinajstić information content (AvgIpc) is 2.40. The number of nitrogens with two attached hydrogens (primary N) is 1. The summed E-state index contributed by atoms with van der Waals surface area (Å²) in [5.74, 6) is 4.89. The van der Waals surface area contributed by atoms with Gasteiger partial charge in [-0.25, -0.2) is 0 Å². The smallest absolute Gasteiger partial charge is 0.0382 e. The molecule has 4 atom stereocenters. The Morgan fingerprint density at radius 3 is 2.75 bits per heavy atom. The van der Waals surface area contributed by atoms with Crippen LogP contribution in [0.25, 0.3) is 0 Å². The summed E-state index contributed by atoms with van der Waals surface area (Å²) < 4.78 is 0. The summed E-state index contributed by atoms with van der Waals surface area (Å²) in [6, 6.07) is 0.295. The van der Waals surface area contributed by atoms with E-state index >= 15 is 0 Å². The molecule has 12 heavy (non-hydrogen) atoms. The molecule has 0 amide bonds. The van der Waals surface area contributed by atoms with Crippen molar-refractivity contribution in [3.8, 4) is 12.3 Å². The highest BCUT2D eigenvalue weighted by Crippen LogP contribution is 2.44. The van der Waals surface area contributed by atoms with Crippen molar-refractivity contribution in [3.63, 3.8) is 0 Å².